The van der Waals surface area contributed by atoms with Crippen LogP contribution in [0.3, 0.4) is 0 Å². The summed E-state index contributed by atoms with van der Waals surface area (Å²) in [7, 11) is 0. The molecule has 0 heterocycles. The van der Waals surface area contributed by atoms with Crippen molar-refractivity contribution in [3.8, 4) is 0 Å². The van der Waals surface area contributed by atoms with E-state index in [1.54, 1.807) is 13.0 Å². The molecule has 0 aliphatic heterocycles. The number of carbonyl (C=O) groups excluding carboxylic acids is 2. The van der Waals surface area contributed by atoms with E-state index in [-0.39, 0.29) is 13.0 Å². The van der Waals surface area contributed by atoms with E-state index in [4.69, 9.17) is 0 Å². The van der Waals surface area contributed by atoms with Crippen molar-refractivity contribution in [1.82, 2.24) is 0 Å². The van der Waals surface area contributed by atoms with E-state index in [9.17, 15) is 9.59 Å². The van der Waals surface area contributed by atoms with E-state index in [0.29, 0.717) is 6.42 Å². The molecule has 72 valence electrons. The summed E-state index contributed by atoms with van der Waals surface area (Å²) in [5.41, 5.74) is 0. The van der Waals surface area contributed by atoms with Crippen LogP contribution in [0.2, 0.25) is 0 Å². The lowest BCUT2D eigenvalue weighted by Crippen LogP contribution is -1.98. The van der Waals surface area contributed by atoms with Gasteiger partial charge in [0.05, 0.1) is 6.61 Å². The second kappa shape index (κ2) is 7.15. The van der Waals surface area contributed by atoms with Crippen molar-refractivity contribution in [1.29, 1.82) is 0 Å². The lowest BCUT2D eigenvalue weighted by molar-refractivity contribution is -0.118. The Morgan fingerprint density at radius 2 is 2.15 bits per heavy atom. The number of allylic oxidation sites excluding steroid dienone is 1. The smallest absolute Gasteiger partial charge is 0.447 e. The quantitative estimate of drug-likeness (QED) is 0.496. The van der Waals surface area contributed by atoms with Crippen molar-refractivity contribution in [2.24, 2.45) is 10.2 Å². The lowest BCUT2D eigenvalue weighted by Gasteiger charge is -1.92. The van der Waals surface area contributed by atoms with Gasteiger partial charge in [0.25, 0.3) is 5.91 Å². The maximum absolute atomic E-state index is 10.8. The molecule has 0 saturated carbocycles. The molecule has 0 N–H and O–H groups in total. The highest BCUT2D eigenvalue weighted by molar-refractivity contribution is 5.78. The molecule has 0 rings (SSSR count). The number of hydrogen-bond acceptors (Lipinski definition) is 3. The molecule has 0 saturated heterocycles. The normalized spacial score (nSPS) is 9.92. The Labute approximate surface area is 76.5 Å². The van der Waals surface area contributed by atoms with Gasteiger partial charge in [-0.15, -0.1) is 11.7 Å². The Kier molecular flexibility index (Phi) is 6.31. The van der Waals surface area contributed by atoms with Crippen LogP contribution in [0.1, 0.15) is 19.8 Å². The second-order valence-electron chi connectivity index (χ2n) is 2.12. The van der Waals surface area contributed by atoms with Gasteiger partial charge in [0.2, 0.25) is 0 Å². The van der Waals surface area contributed by atoms with E-state index < -0.39 is 12.0 Å². The van der Waals surface area contributed by atoms with E-state index in [1.807, 2.05) is 0 Å². The van der Waals surface area contributed by atoms with Crippen LogP contribution in [0.4, 0.5) is 4.79 Å². The first-order valence-electron chi connectivity index (χ1n) is 3.93. The average molecular weight is 184 g/mol. The monoisotopic (exact) mass is 184 g/mol. The number of amides is 2. The Hall–Kier alpha value is -1.52. The molecule has 0 fully saturated rings. The van der Waals surface area contributed by atoms with Crippen LogP contribution >= 0.6 is 0 Å². The first-order valence-corrected chi connectivity index (χ1v) is 3.93. The second-order valence-corrected chi connectivity index (χ2v) is 2.12. The molecule has 0 atom stereocenters. The highest BCUT2D eigenvalue weighted by Gasteiger charge is 2.00. The van der Waals surface area contributed by atoms with Gasteiger partial charge in [-0.05, 0) is 13.3 Å². The summed E-state index contributed by atoms with van der Waals surface area (Å²) in [4.78, 5) is 21.4. The van der Waals surface area contributed by atoms with Gasteiger partial charge in [-0.3, -0.25) is 4.79 Å². The summed E-state index contributed by atoms with van der Waals surface area (Å²) in [5.74, 6) is -0.451. The van der Waals surface area contributed by atoms with Crippen LogP contribution in [-0.2, 0) is 9.53 Å². The fraction of sp³-hybridized carbons (Fsp3) is 0.500. The average Bonchev–Trinajstić information content (AvgIpc) is 2.12. The van der Waals surface area contributed by atoms with Crippen molar-refractivity contribution >= 4 is 12.0 Å². The minimum absolute atomic E-state index is 0.215. The van der Waals surface area contributed by atoms with Crippen LogP contribution in [-0.4, -0.2) is 18.6 Å². The Bertz CT molecular complexity index is 223. The Balaban J connectivity index is 3.75. The molecule has 0 aliphatic rings. The number of azo groups is 1. The van der Waals surface area contributed by atoms with Crippen molar-refractivity contribution in [3.05, 3.63) is 12.7 Å². The third-order valence-electron chi connectivity index (χ3n) is 1.07. The molecule has 0 aromatic heterocycles. The zero-order valence-electron chi connectivity index (χ0n) is 7.52. The molecular formula is C8H12N2O3. The standard InChI is InChI=1S/C8H12N2O3/c1-3-5-6-7(11)9-10-8(12)13-4-2/h3H,1,4-6H2,2H3. The summed E-state index contributed by atoms with van der Waals surface area (Å²) in [6.07, 6.45) is 1.50. The predicted octanol–water partition coefficient (Wildman–Crippen LogP) is 2.09. The SMILES string of the molecule is C=CCCC(=O)N=NC(=O)OCC. The minimum Gasteiger partial charge on any atom is -0.447 e. The van der Waals surface area contributed by atoms with Gasteiger partial charge in [0.15, 0.2) is 0 Å². The van der Waals surface area contributed by atoms with Crippen LogP contribution in [0.15, 0.2) is 22.9 Å². The molecule has 2 amide bonds. The molecule has 13 heavy (non-hydrogen) atoms. The predicted molar refractivity (Wildman–Crippen MR) is 46.3 cm³/mol. The minimum atomic E-state index is -0.838. The molecule has 0 aliphatic carbocycles. The molecule has 0 bridgehead atoms. The van der Waals surface area contributed by atoms with Gasteiger partial charge < -0.3 is 4.74 Å². The van der Waals surface area contributed by atoms with Crippen LogP contribution in [0, 0.1) is 0 Å². The number of ether oxygens (including phenoxy) is 1. The zero-order valence-corrected chi connectivity index (χ0v) is 7.52. The number of carbonyl (C=O) groups is 2. The molecule has 0 radical (unpaired) electrons. The van der Waals surface area contributed by atoms with E-state index in [2.05, 4.69) is 21.5 Å². The Morgan fingerprint density at radius 3 is 2.69 bits per heavy atom. The third kappa shape index (κ3) is 6.86. The van der Waals surface area contributed by atoms with Crippen molar-refractivity contribution in [2.75, 3.05) is 6.61 Å². The van der Waals surface area contributed by atoms with Crippen molar-refractivity contribution in [2.45, 2.75) is 19.8 Å². The van der Waals surface area contributed by atoms with Gasteiger partial charge in [0.1, 0.15) is 0 Å². The maximum atomic E-state index is 10.8. The van der Waals surface area contributed by atoms with Crippen LogP contribution < -0.4 is 0 Å². The summed E-state index contributed by atoms with van der Waals surface area (Å²) in [6.45, 7) is 5.31. The summed E-state index contributed by atoms with van der Waals surface area (Å²) in [6, 6.07) is 0. The van der Waals surface area contributed by atoms with Gasteiger partial charge in [-0.2, -0.15) is 0 Å². The van der Waals surface area contributed by atoms with Gasteiger partial charge in [-0.25, -0.2) is 4.79 Å². The molecule has 0 aromatic rings. The van der Waals surface area contributed by atoms with E-state index >= 15 is 0 Å². The third-order valence-corrected chi connectivity index (χ3v) is 1.07. The van der Waals surface area contributed by atoms with Gasteiger partial charge >= 0.3 is 6.09 Å². The number of hydrogen-bond donors (Lipinski definition) is 0. The fourth-order valence-electron chi connectivity index (χ4n) is 0.524. The van der Waals surface area contributed by atoms with Gasteiger partial charge in [0, 0.05) is 6.42 Å². The molecule has 5 nitrogen and oxygen atoms in total. The highest BCUT2D eigenvalue weighted by Crippen LogP contribution is 1.94. The summed E-state index contributed by atoms with van der Waals surface area (Å²) in [5, 5.41) is 6.19. The largest absolute Gasteiger partial charge is 0.452 e. The van der Waals surface area contributed by atoms with Crippen molar-refractivity contribution in [3.63, 3.8) is 0 Å². The molecular weight excluding hydrogens is 172 g/mol. The molecule has 0 unspecified atom stereocenters. The fourth-order valence-corrected chi connectivity index (χ4v) is 0.524. The Morgan fingerprint density at radius 1 is 1.46 bits per heavy atom. The summed E-state index contributed by atoms with van der Waals surface area (Å²) < 4.78 is 4.43. The maximum Gasteiger partial charge on any atom is 0.452 e. The van der Waals surface area contributed by atoms with Crippen LogP contribution in [0.25, 0.3) is 0 Å². The van der Waals surface area contributed by atoms with Crippen molar-refractivity contribution < 1.29 is 14.3 Å². The van der Waals surface area contributed by atoms with Gasteiger partial charge in [-0.1, -0.05) is 11.2 Å². The molecule has 0 spiro atoms. The lowest BCUT2D eigenvalue weighted by atomic mass is 10.3. The highest BCUT2D eigenvalue weighted by atomic mass is 16.5. The molecule has 0 aromatic carbocycles. The molecule has 5 heteroatoms. The summed E-state index contributed by atoms with van der Waals surface area (Å²) >= 11 is 0. The first kappa shape index (κ1) is 11.5. The van der Waals surface area contributed by atoms with E-state index in [1.165, 1.54) is 0 Å². The zero-order chi connectivity index (χ0) is 10.1. The number of nitrogens with zero attached hydrogens (tertiary/aromatic N) is 2. The van der Waals surface area contributed by atoms with E-state index in [0.717, 1.165) is 0 Å². The first-order chi connectivity index (χ1) is 6.20. The topological polar surface area (TPSA) is 68.1 Å². The van der Waals surface area contributed by atoms with Crippen LogP contribution in [0.5, 0.6) is 0 Å². The number of rotatable bonds is 4.